The molecule has 0 saturated heterocycles. The maximum absolute atomic E-state index is 6.08. The molecule has 2 N–H and O–H groups in total. The lowest BCUT2D eigenvalue weighted by Crippen LogP contribution is -2.32. The van der Waals surface area contributed by atoms with Crippen molar-refractivity contribution in [2.75, 3.05) is 0 Å². The molecule has 1 saturated carbocycles. The second-order valence-electron chi connectivity index (χ2n) is 4.43. The summed E-state index contributed by atoms with van der Waals surface area (Å²) in [7, 11) is 0. The highest BCUT2D eigenvalue weighted by Gasteiger charge is 2.22. The fourth-order valence-corrected chi connectivity index (χ4v) is 2.20. The molecular weight excluding hydrogens is 158 g/mol. The molecule has 1 aliphatic carbocycles. The zero-order valence-corrected chi connectivity index (χ0v) is 8.63. The van der Waals surface area contributed by atoms with Gasteiger partial charge in [0.15, 0.2) is 0 Å². The van der Waals surface area contributed by atoms with Crippen molar-refractivity contribution in [1.29, 1.82) is 0 Å². The third-order valence-electron chi connectivity index (χ3n) is 3.29. The second kappa shape index (κ2) is 5.29. The molecule has 1 heteroatoms. The molecule has 1 rings (SSSR count). The van der Waals surface area contributed by atoms with E-state index in [0.717, 1.165) is 24.7 Å². The maximum atomic E-state index is 6.08. The van der Waals surface area contributed by atoms with Crippen molar-refractivity contribution in [3.8, 4) is 12.3 Å². The molecule has 1 fully saturated rings. The normalized spacial score (nSPS) is 30.8. The topological polar surface area (TPSA) is 26.0 Å². The molecule has 13 heavy (non-hydrogen) atoms. The molecule has 1 unspecified atom stereocenters. The number of hydrogen-bond acceptors (Lipinski definition) is 1. The summed E-state index contributed by atoms with van der Waals surface area (Å²) in [5.41, 5.74) is 6.08. The Hall–Kier alpha value is -0.480. The summed E-state index contributed by atoms with van der Waals surface area (Å²) in [5, 5.41) is 0. The quantitative estimate of drug-likeness (QED) is 0.662. The van der Waals surface area contributed by atoms with E-state index in [1.165, 1.54) is 25.7 Å². The van der Waals surface area contributed by atoms with Crippen molar-refractivity contribution >= 4 is 0 Å². The molecule has 1 atom stereocenters. The van der Waals surface area contributed by atoms with E-state index in [9.17, 15) is 0 Å². The first-order valence-corrected chi connectivity index (χ1v) is 5.43. The van der Waals surface area contributed by atoms with Gasteiger partial charge in [-0.15, -0.1) is 12.3 Å². The summed E-state index contributed by atoms with van der Waals surface area (Å²) < 4.78 is 0. The van der Waals surface area contributed by atoms with E-state index in [1.807, 2.05) is 0 Å². The van der Waals surface area contributed by atoms with E-state index in [1.54, 1.807) is 0 Å². The molecule has 0 aromatic carbocycles. The lowest BCUT2D eigenvalue weighted by atomic mass is 9.78. The van der Waals surface area contributed by atoms with Crippen LogP contribution in [-0.4, -0.2) is 6.04 Å². The Balaban J connectivity index is 2.24. The van der Waals surface area contributed by atoms with E-state index >= 15 is 0 Å². The summed E-state index contributed by atoms with van der Waals surface area (Å²) in [6, 6.07) is 0.351. The van der Waals surface area contributed by atoms with Gasteiger partial charge in [-0.1, -0.05) is 19.8 Å². The van der Waals surface area contributed by atoms with Gasteiger partial charge in [0.05, 0.1) is 0 Å². The van der Waals surface area contributed by atoms with Crippen LogP contribution in [0.3, 0.4) is 0 Å². The van der Waals surface area contributed by atoms with Gasteiger partial charge in [-0.25, -0.2) is 0 Å². The molecular formula is C12H21N. The monoisotopic (exact) mass is 179 g/mol. The summed E-state index contributed by atoms with van der Waals surface area (Å²) in [5.74, 6) is 4.32. The SMILES string of the molecule is C#CCCC(N)C1CCC(C)CC1. The Morgan fingerprint density at radius 3 is 2.54 bits per heavy atom. The average Bonchev–Trinajstić information content (AvgIpc) is 2.15. The highest BCUT2D eigenvalue weighted by molar-refractivity contribution is 4.87. The van der Waals surface area contributed by atoms with E-state index in [0.29, 0.717) is 6.04 Å². The number of rotatable bonds is 3. The molecule has 0 aromatic heterocycles. The molecule has 0 heterocycles. The van der Waals surface area contributed by atoms with Gasteiger partial charge in [-0.05, 0) is 31.1 Å². The van der Waals surface area contributed by atoms with Crippen molar-refractivity contribution in [2.24, 2.45) is 17.6 Å². The van der Waals surface area contributed by atoms with Crippen LogP contribution in [0.5, 0.6) is 0 Å². The van der Waals surface area contributed by atoms with Crippen molar-refractivity contribution in [3.05, 3.63) is 0 Å². The van der Waals surface area contributed by atoms with Crippen molar-refractivity contribution in [2.45, 2.75) is 51.5 Å². The highest BCUT2D eigenvalue weighted by Crippen LogP contribution is 2.30. The van der Waals surface area contributed by atoms with Gasteiger partial charge in [0.1, 0.15) is 0 Å². The molecule has 0 bridgehead atoms. The first-order chi connectivity index (χ1) is 6.24. The summed E-state index contributed by atoms with van der Waals surface area (Å²) in [6.07, 6.45) is 12.4. The molecule has 0 spiro atoms. The van der Waals surface area contributed by atoms with Crippen LogP contribution in [0.4, 0.5) is 0 Å². The van der Waals surface area contributed by atoms with Crippen molar-refractivity contribution < 1.29 is 0 Å². The van der Waals surface area contributed by atoms with Crippen molar-refractivity contribution in [1.82, 2.24) is 0 Å². The summed E-state index contributed by atoms with van der Waals surface area (Å²) >= 11 is 0. The van der Waals surface area contributed by atoms with Crippen LogP contribution < -0.4 is 5.73 Å². The van der Waals surface area contributed by atoms with Gasteiger partial charge in [-0.3, -0.25) is 0 Å². The van der Waals surface area contributed by atoms with Crippen LogP contribution in [0.15, 0.2) is 0 Å². The van der Waals surface area contributed by atoms with Crippen LogP contribution in [0.25, 0.3) is 0 Å². The minimum atomic E-state index is 0.351. The lowest BCUT2D eigenvalue weighted by Gasteiger charge is -2.30. The van der Waals surface area contributed by atoms with Gasteiger partial charge < -0.3 is 5.73 Å². The van der Waals surface area contributed by atoms with E-state index < -0.39 is 0 Å². The Labute approximate surface area is 82.1 Å². The fourth-order valence-electron chi connectivity index (χ4n) is 2.20. The van der Waals surface area contributed by atoms with Crippen LogP contribution in [0.2, 0.25) is 0 Å². The zero-order chi connectivity index (χ0) is 9.68. The Morgan fingerprint density at radius 1 is 1.38 bits per heavy atom. The van der Waals surface area contributed by atoms with Crippen LogP contribution >= 0.6 is 0 Å². The van der Waals surface area contributed by atoms with Crippen molar-refractivity contribution in [3.63, 3.8) is 0 Å². The lowest BCUT2D eigenvalue weighted by molar-refractivity contribution is 0.249. The number of hydrogen-bond donors (Lipinski definition) is 1. The Bertz CT molecular complexity index is 172. The molecule has 1 nitrogen and oxygen atoms in total. The zero-order valence-electron chi connectivity index (χ0n) is 8.63. The van der Waals surface area contributed by atoms with E-state index in [2.05, 4.69) is 12.8 Å². The standard InChI is InChI=1S/C12H21N/c1-3-4-5-12(13)11-8-6-10(2)7-9-11/h1,10-12H,4-9,13H2,2H3. The second-order valence-corrected chi connectivity index (χ2v) is 4.43. The minimum Gasteiger partial charge on any atom is -0.327 e. The maximum Gasteiger partial charge on any atom is 0.0101 e. The first kappa shape index (κ1) is 10.6. The molecule has 0 amide bonds. The summed E-state index contributed by atoms with van der Waals surface area (Å²) in [4.78, 5) is 0. The smallest absolute Gasteiger partial charge is 0.0101 e. The van der Waals surface area contributed by atoms with E-state index in [4.69, 9.17) is 12.2 Å². The molecule has 1 aliphatic rings. The molecule has 0 aromatic rings. The van der Waals surface area contributed by atoms with Gasteiger partial charge in [-0.2, -0.15) is 0 Å². The fraction of sp³-hybridized carbons (Fsp3) is 0.833. The Morgan fingerprint density at radius 2 is 2.00 bits per heavy atom. The number of nitrogens with two attached hydrogens (primary N) is 1. The third kappa shape index (κ3) is 3.40. The molecule has 0 aliphatic heterocycles. The van der Waals surface area contributed by atoms with Crippen LogP contribution in [0.1, 0.15) is 45.4 Å². The highest BCUT2D eigenvalue weighted by atomic mass is 14.6. The van der Waals surface area contributed by atoms with Crippen LogP contribution in [0, 0.1) is 24.2 Å². The molecule has 0 radical (unpaired) electrons. The third-order valence-corrected chi connectivity index (χ3v) is 3.29. The van der Waals surface area contributed by atoms with Gasteiger partial charge >= 0.3 is 0 Å². The Kier molecular flexibility index (Phi) is 4.32. The predicted octanol–water partition coefficient (Wildman–Crippen LogP) is 2.55. The first-order valence-electron chi connectivity index (χ1n) is 5.43. The minimum absolute atomic E-state index is 0.351. The average molecular weight is 179 g/mol. The molecule has 74 valence electrons. The number of terminal acetylenes is 1. The summed E-state index contributed by atoms with van der Waals surface area (Å²) in [6.45, 7) is 2.34. The van der Waals surface area contributed by atoms with Gasteiger partial charge in [0, 0.05) is 12.5 Å². The van der Waals surface area contributed by atoms with Crippen LogP contribution in [-0.2, 0) is 0 Å². The largest absolute Gasteiger partial charge is 0.327 e. The van der Waals surface area contributed by atoms with Gasteiger partial charge in [0.25, 0.3) is 0 Å². The van der Waals surface area contributed by atoms with Gasteiger partial charge in [0.2, 0.25) is 0 Å². The van der Waals surface area contributed by atoms with E-state index in [-0.39, 0.29) is 0 Å². The predicted molar refractivity (Wildman–Crippen MR) is 57.2 cm³/mol.